The highest BCUT2D eigenvalue weighted by molar-refractivity contribution is 7.99. The second kappa shape index (κ2) is 5.50. The number of nitrogens with zero attached hydrogens (tertiary/aromatic N) is 2. The number of anilines is 1. The van der Waals surface area contributed by atoms with Crippen LogP contribution in [0, 0.1) is 5.92 Å². The predicted octanol–water partition coefficient (Wildman–Crippen LogP) is 1.60. The molecular formula is C14H13N3O2S. The number of carbonyl (C=O) groups is 1. The Hall–Kier alpha value is -2.08. The lowest BCUT2D eigenvalue weighted by Gasteiger charge is -2.23. The summed E-state index contributed by atoms with van der Waals surface area (Å²) in [4.78, 5) is 28.1. The van der Waals surface area contributed by atoms with Crippen molar-refractivity contribution in [2.75, 3.05) is 11.1 Å². The third-order valence-corrected chi connectivity index (χ3v) is 4.28. The summed E-state index contributed by atoms with van der Waals surface area (Å²) in [5, 5.41) is 3.56. The molecule has 0 radical (unpaired) electrons. The Kier molecular flexibility index (Phi) is 3.56. The number of aromatic nitrogens is 2. The van der Waals surface area contributed by atoms with E-state index in [-0.39, 0.29) is 17.4 Å². The Morgan fingerprint density at radius 3 is 2.90 bits per heavy atom. The van der Waals surface area contributed by atoms with E-state index in [2.05, 4.69) is 10.3 Å². The monoisotopic (exact) mass is 287 g/mol. The highest BCUT2D eigenvalue weighted by Gasteiger charge is 2.26. The van der Waals surface area contributed by atoms with Crippen LogP contribution in [0.15, 0.2) is 52.5 Å². The first-order chi connectivity index (χ1) is 9.74. The van der Waals surface area contributed by atoms with Gasteiger partial charge in [0.2, 0.25) is 5.91 Å². The highest BCUT2D eigenvalue weighted by atomic mass is 32.2. The van der Waals surface area contributed by atoms with Crippen LogP contribution in [0.5, 0.6) is 0 Å². The summed E-state index contributed by atoms with van der Waals surface area (Å²) in [6.07, 6.45) is 1.51. The van der Waals surface area contributed by atoms with Gasteiger partial charge in [0.15, 0.2) is 5.16 Å². The molecule has 1 unspecified atom stereocenters. The Labute approximate surface area is 120 Å². The van der Waals surface area contributed by atoms with Gasteiger partial charge in [0, 0.05) is 30.2 Å². The van der Waals surface area contributed by atoms with Gasteiger partial charge in [-0.2, -0.15) is 0 Å². The fraction of sp³-hybridized carbons (Fsp3) is 0.214. The second-order valence-electron chi connectivity index (χ2n) is 4.54. The Bertz CT molecular complexity index is 684. The molecule has 20 heavy (non-hydrogen) atoms. The molecule has 0 spiro atoms. The Balaban J connectivity index is 1.75. The third kappa shape index (κ3) is 2.60. The smallest absolute Gasteiger partial charge is 0.254 e. The molecule has 5 nitrogen and oxygen atoms in total. The van der Waals surface area contributed by atoms with E-state index < -0.39 is 0 Å². The van der Waals surface area contributed by atoms with Crippen LogP contribution in [0.4, 0.5) is 5.69 Å². The molecule has 0 bridgehead atoms. The van der Waals surface area contributed by atoms with Crippen LogP contribution in [0.2, 0.25) is 0 Å². The molecular weight excluding hydrogens is 274 g/mol. The van der Waals surface area contributed by atoms with Crippen LogP contribution in [0.3, 0.4) is 0 Å². The van der Waals surface area contributed by atoms with Crippen molar-refractivity contribution in [2.24, 2.45) is 5.92 Å². The van der Waals surface area contributed by atoms with Gasteiger partial charge in [-0.05, 0) is 12.1 Å². The number of fused-ring (bicyclic) bond motifs is 1. The van der Waals surface area contributed by atoms with Crippen molar-refractivity contribution in [3.8, 4) is 0 Å². The van der Waals surface area contributed by atoms with E-state index in [4.69, 9.17) is 0 Å². The van der Waals surface area contributed by atoms with Crippen LogP contribution in [0.25, 0.3) is 0 Å². The van der Waals surface area contributed by atoms with Gasteiger partial charge in [-0.25, -0.2) is 4.98 Å². The van der Waals surface area contributed by atoms with Crippen molar-refractivity contribution >= 4 is 23.4 Å². The molecule has 0 saturated carbocycles. The second-order valence-corrected chi connectivity index (χ2v) is 5.53. The quantitative estimate of drug-likeness (QED) is 0.852. The van der Waals surface area contributed by atoms with E-state index >= 15 is 0 Å². The van der Waals surface area contributed by atoms with Crippen LogP contribution < -0.4 is 10.9 Å². The molecule has 1 aromatic carbocycles. The number of amides is 1. The van der Waals surface area contributed by atoms with Gasteiger partial charge in [0.1, 0.15) is 0 Å². The Morgan fingerprint density at radius 1 is 1.30 bits per heavy atom. The van der Waals surface area contributed by atoms with E-state index in [1.54, 1.807) is 4.57 Å². The number of nitrogens with one attached hydrogen (secondary N) is 1. The van der Waals surface area contributed by atoms with E-state index in [1.807, 2.05) is 30.3 Å². The standard InChI is InChI=1S/C14H13N3O2S/c18-12-6-7-15-14-17(12)8-10(9-20-14)13(19)16-11-4-2-1-3-5-11/h1-7,10H,8-9H2,(H,16,19). The van der Waals surface area contributed by atoms with Gasteiger partial charge in [-0.15, -0.1) is 0 Å². The highest BCUT2D eigenvalue weighted by Crippen LogP contribution is 2.25. The maximum atomic E-state index is 12.2. The molecule has 102 valence electrons. The lowest BCUT2D eigenvalue weighted by atomic mass is 10.1. The van der Waals surface area contributed by atoms with Crippen LogP contribution in [-0.2, 0) is 11.3 Å². The molecule has 1 N–H and O–H groups in total. The maximum absolute atomic E-state index is 12.2. The summed E-state index contributed by atoms with van der Waals surface area (Å²) >= 11 is 1.44. The minimum Gasteiger partial charge on any atom is -0.326 e. The van der Waals surface area contributed by atoms with E-state index in [0.717, 1.165) is 5.69 Å². The van der Waals surface area contributed by atoms with Crippen LogP contribution in [-0.4, -0.2) is 21.2 Å². The third-order valence-electron chi connectivity index (χ3n) is 3.13. The zero-order valence-corrected chi connectivity index (χ0v) is 11.5. The number of carbonyl (C=O) groups excluding carboxylic acids is 1. The zero-order chi connectivity index (χ0) is 13.9. The van der Waals surface area contributed by atoms with Crippen molar-refractivity contribution in [2.45, 2.75) is 11.7 Å². The first kappa shape index (κ1) is 12.9. The predicted molar refractivity (Wildman–Crippen MR) is 77.8 cm³/mol. The lowest BCUT2D eigenvalue weighted by Crippen LogP contribution is -2.36. The Morgan fingerprint density at radius 2 is 2.10 bits per heavy atom. The largest absolute Gasteiger partial charge is 0.326 e. The lowest BCUT2D eigenvalue weighted by molar-refractivity contribution is -0.119. The summed E-state index contributed by atoms with van der Waals surface area (Å²) < 4.78 is 1.56. The first-order valence-electron chi connectivity index (χ1n) is 6.28. The number of thioether (sulfide) groups is 1. The molecule has 0 saturated heterocycles. The van der Waals surface area contributed by atoms with Crippen molar-refractivity contribution in [1.82, 2.24) is 9.55 Å². The fourth-order valence-electron chi connectivity index (χ4n) is 2.07. The number of hydrogen-bond acceptors (Lipinski definition) is 4. The minimum atomic E-state index is -0.227. The van der Waals surface area contributed by atoms with Gasteiger partial charge in [-0.1, -0.05) is 30.0 Å². The van der Waals surface area contributed by atoms with Crippen molar-refractivity contribution in [1.29, 1.82) is 0 Å². The summed E-state index contributed by atoms with van der Waals surface area (Å²) in [6.45, 7) is 0.383. The maximum Gasteiger partial charge on any atom is 0.254 e. The first-order valence-corrected chi connectivity index (χ1v) is 7.27. The van der Waals surface area contributed by atoms with Gasteiger partial charge in [-0.3, -0.25) is 14.2 Å². The minimum absolute atomic E-state index is 0.0647. The summed E-state index contributed by atoms with van der Waals surface area (Å²) in [7, 11) is 0. The molecule has 6 heteroatoms. The molecule has 2 heterocycles. The number of rotatable bonds is 2. The average molecular weight is 287 g/mol. The van der Waals surface area contributed by atoms with E-state index in [0.29, 0.717) is 17.5 Å². The molecule has 1 atom stereocenters. The molecule has 3 rings (SSSR count). The number of para-hydroxylation sites is 1. The fourth-order valence-corrected chi connectivity index (χ4v) is 3.14. The van der Waals surface area contributed by atoms with Crippen molar-refractivity contribution in [3.63, 3.8) is 0 Å². The SMILES string of the molecule is O=C(Nc1ccccc1)C1CSc2nccc(=O)n2C1. The van der Waals surface area contributed by atoms with E-state index in [1.165, 1.54) is 24.0 Å². The van der Waals surface area contributed by atoms with Crippen molar-refractivity contribution < 1.29 is 4.79 Å². The molecule has 1 aliphatic heterocycles. The van der Waals surface area contributed by atoms with Gasteiger partial charge in [0.05, 0.1) is 5.92 Å². The molecule has 0 aliphatic carbocycles. The summed E-state index contributed by atoms with van der Waals surface area (Å²) in [6, 6.07) is 10.7. The topological polar surface area (TPSA) is 64.0 Å². The molecule has 1 aliphatic rings. The van der Waals surface area contributed by atoms with Crippen LogP contribution in [0.1, 0.15) is 0 Å². The molecule has 1 amide bonds. The normalized spacial score (nSPS) is 17.3. The molecule has 1 aromatic heterocycles. The molecule has 0 fully saturated rings. The summed E-state index contributed by atoms with van der Waals surface area (Å²) in [5.74, 6) is 0.342. The van der Waals surface area contributed by atoms with Crippen LogP contribution >= 0.6 is 11.8 Å². The van der Waals surface area contributed by atoms with Gasteiger partial charge >= 0.3 is 0 Å². The average Bonchev–Trinajstić information content (AvgIpc) is 2.48. The van der Waals surface area contributed by atoms with Gasteiger partial charge in [0.25, 0.3) is 5.56 Å². The van der Waals surface area contributed by atoms with Crippen molar-refractivity contribution in [3.05, 3.63) is 52.9 Å². The van der Waals surface area contributed by atoms with E-state index in [9.17, 15) is 9.59 Å². The number of benzene rings is 1. The van der Waals surface area contributed by atoms with Gasteiger partial charge < -0.3 is 5.32 Å². The zero-order valence-electron chi connectivity index (χ0n) is 10.7. The summed E-state index contributed by atoms with van der Waals surface area (Å²) in [5.41, 5.74) is 0.659. The molecule has 2 aromatic rings. The number of hydrogen-bond donors (Lipinski definition) is 1.